The summed E-state index contributed by atoms with van der Waals surface area (Å²) in [4.78, 5) is 126. The minimum absolute atomic E-state index is 0. The zero-order valence-corrected chi connectivity index (χ0v) is 38.2. The largest absolute Gasteiger partial charge is 1.00 e. The van der Waals surface area contributed by atoms with Gasteiger partial charge in [0.2, 0.25) is 11.8 Å². The number of carbonyl (C=O) groups excluding carboxylic acids is 8. The third kappa shape index (κ3) is 12.3. The molecule has 0 bridgehead atoms. The van der Waals surface area contributed by atoms with E-state index in [0.29, 0.717) is 18.8 Å². The second-order valence-corrected chi connectivity index (χ2v) is 16.4. The molecule has 312 valence electrons. The van der Waals surface area contributed by atoms with Gasteiger partial charge in [0, 0.05) is 12.8 Å². The maximum absolute atomic E-state index is 12.4. The van der Waals surface area contributed by atoms with E-state index < -0.39 is 83.0 Å². The third-order valence-electron chi connectivity index (χ3n) is 7.76. The molecule has 2 aromatic heterocycles. The average molecular weight is 937 g/mol. The van der Waals surface area contributed by atoms with Crippen LogP contribution in [-0.2, 0) is 79.9 Å². The van der Waals surface area contributed by atoms with E-state index in [4.69, 9.17) is 29.4 Å². The molecule has 6 heterocycles. The standard InChI is InChI=1S/2C14H14N4O9S2.2Na/c2*19-7(5-28-13-17-16-8(29-13)3-9(20)21)15-6-4-26-18(11(6)23)14(12(24)25)2-1-10(22)27-14;;/h2*6H,1-5H2,(H,15,19)(H,20,21)(H,24,25);;/q;;2*+1/p-2/t2*6-,14?;;/m00../s1. The number of carboxylic acids is 4. The van der Waals surface area contributed by atoms with E-state index in [0.717, 1.165) is 46.2 Å². The Morgan fingerprint density at radius 1 is 0.683 bits per heavy atom. The van der Waals surface area contributed by atoms with E-state index in [2.05, 4.69) is 31.0 Å². The van der Waals surface area contributed by atoms with Gasteiger partial charge >= 0.3 is 83.0 Å². The van der Waals surface area contributed by atoms with Crippen LogP contribution < -0.4 is 80.0 Å². The van der Waals surface area contributed by atoms with Crippen LogP contribution >= 0.6 is 46.2 Å². The molecule has 6 rings (SSSR count). The normalized spacial score (nSPS) is 23.1. The number of carbonyl (C=O) groups is 10. The monoisotopic (exact) mass is 936 g/mol. The summed E-state index contributed by atoms with van der Waals surface area (Å²) in [6, 6.07) is -2.34. The van der Waals surface area contributed by atoms with Gasteiger partial charge in [0.05, 0.1) is 37.2 Å². The second kappa shape index (κ2) is 22.0. The maximum Gasteiger partial charge on any atom is 1.00 e. The minimum atomic E-state index is -2.35. The first-order chi connectivity index (χ1) is 27.4. The third-order valence-corrected chi connectivity index (χ3v) is 11.9. The Morgan fingerprint density at radius 2 is 1.05 bits per heavy atom. The van der Waals surface area contributed by atoms with Crippen molar-refractivity contribution in [1.82, 2.24) is 41.2 Å². The summed E-state index contributed by atoms with van der Waals surface area (Å²) in [6.07, 6.45) is -1.66. The number of rotatable bonds is 16. The number of ether oxygens (including phenoxy) is 2. The topological polar surface area (TPSA) is 376 Å². The van der Waals surface area contributed by atoms with Gasteiger partial charge in [-0.05, 0) is 0 Å². The van der Waals surface area contributed by atoms with Crippen LogP contribution in [0.5, 0.6) is 0 Å². The van der Waals surface area contributed by atoms with Gasteiger partial charge in [-0.15, -0.1) is 20.4 Å². The van der Waals surface area contributed by atoms with Crippen LogP contribution in [0, 0.1) is 0 Å². The number of cyclic esters (lactones) is 2. The second-order valence-electron chi connectivity index (χ2n) is 11.8. The van der Waals surface area contributed by atoms with Crippen LogP contribution in [0.4, 0.5) is 0 Å². The summed E-state index contributed by atoms with van der Waals surface area (Å²) in [7, 11) is 0. The molecule has 4 aliphatic rings. The molecule has 2 unspecified atom stereocenters. The van der Waals surface area contributed by atoms with Crippen molar-refractivity contribution in [1.29, 1.82) is 0 Å². The number of carboxylic acid groups (broad SMARTS) is 4. The molecule has 4 fully saturated rings. The summed E-state index contributed by atoms with van der Waals surface area (Å²) in [5.74, 6) is -10.5. The summed E-state index contributed by atoms with van der Waals surface area (Å²) >= 11 is 4.04. The van der Waals surface area contributed by atoms with E-state index in [1.54, 1.807) is 0 Å². The molecule has 26 nitrogen and oxygen atoms in total. The average Bonchev–Trinajstić information content (AvgIpc) is 4.01. The van der Waals surface area contributed by atoms with Gasteiger partial charge in [0.25, 0.3) is 23.3 Å². The van der Waals surface area contributed by atoms with Crippen LogP contribution in [0.3, 0.4) is 0 Å². The van der Waals surface area contributed by atoms with E-state index in [1.165, 1.54) is 0 Å². The molecule has 0 aliphatic carbocycles. The van der Waals surface area contributed by atoms with Crippen molar-refractivity contribution in [2.24, 2.45) is 0 Å². The van der Waals surface area contributed by atoms with Crippen molar-refractivity contribution in [2.45, 2.75) is 70.7 Å². The predicted molar refractivity (Wildman–Crippen MR) is 180 cm³/mol. The van der Waals surface area contributed by atoms with Gasteiger partial charge in [-0.2, -0.15) is 10.1 Å². The number of thioether (sulfide) groups is 2. The molecule has 4 N–H and O–H groups in total. The number of aliphatic carboxylic acids is 4. The first-order valence-corrected chi connectivity index (χ1v) is 19.8. The zero-order chi connectivity index (χ0) is 42.4. The van der Waals surface area contributed by atoms with Crippen molar-refractivity contribution < 1.29 is 147 Å². The molecule has 0 aromatic carbocycles. The van der Waals surface area contributed by atoms with Gasteiger partial charge < -0.3 is 50.1 Å². The maximum atomic E-state index is 12.4. The molecule has 60 heavy (non-hydrogen) atoms. The molecule has 4 saturated heterocycles. The smallest absolute Gasteiger partial charge is 0.544 e. The summed E-state index contributed by atoms with van der Waals surface area (Å²) < 4.78 is 10.3. The zero-order valence-electron chi connectivity index (χ0n) is 31.0. The van der Waals surface area contributed by atoms with Gasteiger partial charge in [-0.25, -0.2) is 0 Å². The number of aromatic nitrogens is 4. The molecule has 2 aromatic rings. The number of nitrogens with one attached hydrogen (secondary N) is 2. The van der Waals surface area contributed by atoms with Crippen LogP contribution in [0.15, 0.2) is 8.68 Å². The molecule has 4 aliphatic heterocycles. The van der Waals surface area contributed by atoms with Gasteiger partial charge in [-0.3, -0.25) is 48.0 Å². The van der Waals surface area contributed by atoms with Crippen LogP contribution in [0.2, 0.25) is 0 Å². The Morgan fingerprint density at radius 3 is 1.35 bits per heavy atom. The van der Waals surface area contributed by atoms with E-state index >= 15 is 0 Å². The minimum Gasteiger partial charge on any atom is -0.544 e. The Hall–Kier alpha value is -3.56. The van der Waals surface area contributed by atoms with Gasteiger partial charge in [-0.1, -0.05) is 46.2 Å². The fourth-order valence-electron chi connectivity index (χ4n) is 5.21. The van der Waals surface area contributed by atoms with E-state index in [-0.39, 0.29) is 132 Å². The fraction of sp³-hybridized carbons (Fsp3) is 0.500. The fourth-order valence-corrected chi connectivity index (χ4v) is 8.60. The summed E-state index contributed by atoms with van der Waals surface area (Å²) in [5, 5.41) is 61.4. The van der Waals surface area contributed by atoms with E-state index in [9.17, 15) is 58.2 Å². The number of hydroxylamine groups is 4. The Kier molecular flexibility index (Phi) is 18.6. The van der Waals surface area contributed by atoms with Crippen molar-refractivity contribution in [3.05, 3.63) is 10.0 Å². The quantitative estimate of drug-likeness (QED) is 0.0690. The molecule has 0 saturated carbocycles. The van der Waals surface area contributed by atoms with Crippen molar-refractivity contribution in [3.63, 3.8) is 0 Å². The van der Waals surface area contributed by atoms with Crippen molar-refractivity contribution in [3.8, 4) is 0 Å². The summed E-state index contributed by atoms with van der Waals surface area (Å²) in [6.45, 7) is -0.688. The first kappa shape index (κ1) is 50.8. The molecule has 4 atom stereocenters. The Bertz CT molecular complexity index is 1900. The molecule has 0 spiro atoms. The molecule has 0 radical (unpaired) electrons. The Balaban J connectivity index is 0.000000310. The number of hydrogen-bond donors (Lipinski definition) is 4. The van der Waals surface area contributed by atoms with Gasteiger partial charge in [0.1, 0.15) is 47.3 Å². The number of hydrogen-bond acceptors (Lipinski definition) is 24. The molecular weight excluding hydrogens is 911 g/mol. The Labute approximate surface area is 395 Å². The van der Waals surface area contributed by atoms with Crippen LogP contribution in [0.25, 0.3) is 0 Å². The summed E-state index contributed by atoms with van der Waals surface area (Å²) in [5.41, 5.74) is -4.70. The first-order valence-electron chi connectivity index (χ1n) is 16.2. The SMILES string of the molecule is O=C(O)Cc1nnc(SCC(=O)N[C@H]2CON(C3(C(=O)[O-])CCC(=O)O3)C2=O)s1.O=C(O)Cc1nnc(SCC(=O)N[C@H]2CON(C3(C(=O)[O-])CCC(=O)O3)C2=O)s1.[Na+].[Na+]. The predicted octanol–water partition coefficient (Wildman–Crippen LogP) is -11.4. The van der Waals surface area contributed by atoms with E-state index in [1.807, 2.05) is 0 Å². The number of nitrogens with zero attached hydrogens (tertiary/aromatic N) is 6. The van der Waals surface area contributed by atoms with Crippen molar-refractivity contribution in [2.75, 3.05) is 24.7 Å². The van der Waals surface area contributed by atoms with Crippen LogP contribution in [-0.4, -0.2) is 148 Å². The van der Waals surface area contributed by atoms with Crippen molar-refractivity contribution >= 4 is 106 Å². The molecular formula is C28H26N8Na2O18S4. The number of amides is 4. The number of esters is 2. The molecule has 32 heteroatoms. The van der Waals surface area contributed by atoms with Crippen LogP contribution in [0.1, 0.15) is 35.7 Å². The van der Waals surface area contributed by atoms with Gasteiger partial charge in [0.15, 0.2) is 8.68 Å². The molecule has 4 amide bonds.